The van der Waals surface area contributed by atoms with Gasteiger partial charge in [-0.3, -0.25) is 14.9 Å². The van der Waals surface area contributed by atoms with Crippen LogP contribution in [0.4, 0.5) is 0 Å². The number of rotatable bonds is 2. The molecule has 0 aliphatic rings. The SMILES string of the molecule is Cc1nn(CC(=O)NN)cc1Cl. The summed E-state index contributed by atoms with van der Waals surface area (Å²) < 4.78 is 1.43. The number of hydrogen-bond donors (Lipinski definition) is 2. The zero-order chi connectivity index (χ0) is 9.14. The lowest BCUT2D eigenvalue weighted by atomic mass is 10.5. The summed E-state index contributed by atoms with van der Waals surface area (Å²) in [6.07, 6.45) is 1.58. The van der Waals surface area contributed by atoms with E-state index >= 15 is 0 Å². The van der Waals surface area contributed by atoms with Gasteiger partial charge in [-0.1, -0.05) is 11.6 Å². The Labute approximate surface area is 74.5 Å². The van der Waals surface area contributed by atoms with Gasteiger partial charge in [-0.05, 0) is 6.92 Å². The summed E-state index contributed by atoms with van der Waals surface area (Å²) in [7, 11) is 0. The first-order valence-electron chi connectivity index (χ1n) is 3.32. The monoisotopic (exact) mass is 188 g/mol. The van der Waals surface area contributed by atoms with Crippen molar-refractivity contribution in [3.8, 4) is 0 Å². The van der Waals surface area contributed by atoms with Gasteiger partial charge < -0.3 is 0 Å². The first-order valence-corrected chi connectivity index (χ1v) is 3.70. The Morgan fingerprint density at radius 3 is 3.00 bits per heavy atom. The lowest BCUT2D eigenvalue weighted by Gasteiger charge is -1.97. The van der Waals surface area contributed by atoms with Crippen LogP contribution in [0.5, 0.6) is 0 Å². The van der Waals surface area contributed by atoms with Crippen molar-refractivity contribution >= 4 is 17.5 Å². The molecule has 3 N–H and O–H groups in total. The van der Waals surface area contributed by atoms with Crippen LogP contribution in [0, 0.1) is 6.92 Å². The molecule has 0 aromatic carbocycles. The van der Waals surface area contributed by atoms with E-state index in [1.165, 1.54) is 4.68 Å². The molecule has 0 bridgehead atoms. The molecule has 0 spiro atoms. The van der Waals surface area contributed by atoms with Crippen molar-refractivity contribution in [1.29, 1.82) is 0 Å². The molecular formula is C6H9ClN4O. The Kier molecular flexibility index (Phi) is 2.67. The standard InChI is InChI=1S/C6H9ClN4O/c1-4-5(7)2-11(10-4)3-6(12)9-8/h2H,3,8H2,1H3,(H,9,12). The molecule has 66 valence electrons. The second kappa shape index (κ2) is 3.55. The summed E-state index contributed by atoms with van der Waals surface area (Å²) in [6.45, 7) is 1.85. The number of nitrogens with zero attached hydrogens (tertiary/aromatic N) is 2. The smallest absolute Gasteiger partial charge is 0.255 e. The van der Waals surface area contributed by atoms with Crippen LogP contribution in [0.15, 0.2) is 6.20 Å². The van der Waals surface area contributed by atoms with Gasteiger partial charge in [0.05, 0.1) is 10.7 Å². The highest BCUT2D eigenvalue weighted by molar-refractivity contribution is 6.31. The lowest BCUT2D eigenvalue weighted by molar-refractivity contribution is -0.121. The first-order chi connectivity index (χ1) is 5.63. The van der Waals surface area contributed by atoms with Crippen molar-refractivity contribution in [3.05, 3.63) is 16.9 Å². The summed E-state index contributed by atoms with van der Waals surface area (Å²) in [5, 5.41) is 4.51. The first kappa shape index (κ1) is 9.02. The van der Waals surface area contributed by atoms with E-state index in [0.717, 1.165) is 0 Å². The highest BCUT2D eigenvalue weighted by atomic mass is 35.5. The number of amides is 1. The number of aryl methyl sites for hydroxylation is 1. The van der Waals surface area contributed by atoms with Crippen molar-refractivity contribution in [2.45, 2.75) is 13.5 Å². The molecule has 1 aromatic heterocycles. The fourth-order valence-electron chi connectivity index (χ4n) is 0.767. The van der Waals surface area contributed by atoms with Gasteiger partial charge in [0.25, 0.3) is 5.91 Å². The third-order valence-corrected chi connectivity index (χ3v) is 1.72. The minimum absolute atomic E-state index is 0.0874. The molecule has 0 radical (unpaired) electrons. The zero-order valence-corrected chi connectivity index (χ0v) is 7.30. The minimum atomic E-state index is -0.311. The molecule has 0 saturated heterocycles. The normalized spacial score (nSPS) is 9.92. The van der Waals surface area contributed by atoms with Gasteiger partial charge in [-0.2, -0.15) is 5.10 Å². The maximum atomic E-state index is 10.8. The minimum Gasteiger partial charge on any atom is -0.293 e. The molecule has 0 aliphatic heterocycles. The van der Waals surface area contributed by atoms with E-state index in [4.69, 9.17) is 17.4 Å². The van der Waals surface area contributed by atoms with Gasteiger partial charge in [-0.25, -0.2) is 5.84 Å². The molecule has 12 heavy (non-hydrogen) atoms. The van der Waals surface area contributed by atoms with Gasteiger partial charge in [0, 0.05) is 6.20 Å². The van der Waals surface area contributed by atoms with Crippen LogP contribution in [-0.4, -0.2) is 15.7 Å². The number of halogens is 1. The summed E-state index contributed by atoms with van der Waals surface area (Å²) >= 11 is 5.71. The summed E-state index contributed by atoms with van der Waals surface area (Å²) in [4.78, 5) is 10.8. The van der Waals surface area contributed by atoms with Crippen LogP contribution in [0.2, 0.25) is 5.02 Å². The number of hydrazine groups is 1. The van der Waals surface area contributed by atoms with E-state index in [2.05, 4.69) is 5.10 Å². The van der Waals surface area contributed by atoms with Crippen molar-refractivity contribution in [2.75, 3.05) is 0 Å². The average Bonchev–Trinajstić information content (AvgIpc) is 2.31. The van der Waals surface area contributed by atoms with Gasteiger partial charge in [0.15, 0.2) is 0 Å². The van der Waals surface area contributed by atoms with Crippen LogP contribution < -0.4 is 11.3 Å². The molecule has 0 unspecified atom stereocenters. The number of nitrogens with one attached hydrogen (secondary N) is 1. The molecule has 0 aliphatic carbocycles. The lowest BCUT2D eigenvalue weighted by Crippen LogP contribution is -2.33. The zero-order valence-electron chi connectivity index (χ0n) is 6.54. The number of aromatic nitrogens is 2. The van der Waals surface area contributed by atoms with E-state index in [1.807, 2.05) is 5.43 Å². The largest absolute Gasteiger partial charge is 0.293 e. The van der Waals surface area contributed by atoms with Crippen LogP contribution in [0.1, 0.15) is 5.69 Å². The third kappa shape index (κ3) is 1.96. The molecule has 5 nitrogen and oxygen atoms in total. The Balaban J connectivity index is 2.70. The molecule has 1 rings (SSSR count). The number of carbonyl (C=O) groups is 1. The molecule has 1 amide bonds. The van der Waals surface area contributed by atoms with Gasteiger partial charge in [-0.15, -0.1) is 0 Å². The van der Waals surface area contributed by atoms with Crippen LogP contribution in [0.25, 0.3) is 0 Å². The predicted molar refractivity (Wildman–Crippen MR) is 44.3 cm³/mol. The summed E-state index contributed by atoms with van der Waals surface area (Å²) in [6, 6.07) is 0. The van der Waals surface area contributed by atoms with Crippen LogP contribution in [-0.2, 0) is 11.3 Å². The molecular weight excluding hydrogens is 180 g/mol. The molecule has 0 saturated carbocycles. The summed E-state index contributed by atoms with van der Waals surface area (Å²) in [5.41, 5.74) is 2.70. The van der Waals surface area contributed by atoms with Gasteiger partial charge in [0.1, 0.15) is 6.54 Å². The molecule has 1 aromatic rings. The van der Waals surface area contributed by atoms with E-state index in [1.54, 1.807) is 13.1 Å². The summed E-state index contributed by atoms with van der Waals surface area (Å²) in [5.74, 6) is 4.58. The van der Waals surface area contributed by atoms with Crippen molar-refractivity contribution in [1.82, 2.24) is 15.2 Å². The van der Waals surface area contributed by atoms with E-state index in [9.17, 15) is 4.79 Å². The highest BCUT2D eigenvalue weighted by Crippen LogP contribution is 2.11. The fourth-order valence-corrected chi connectivity index (χ4v) is 0.918. The molecule has 0 fully saturated rings. The second-order valence-corrected chi connectivity index (χ2v) is 2.73. The second-order valence-electron chi connectivity index (χ2n) is 2.33. The number of nitrogens with two attached hydrogens (primary N) is 1. The van der Waals surface area contributed by atoms with Crippen molar-refractivity contribution < 1.29 is 4.79 Å². The van der Waals surface area contributed by atoms with E-state index in [0.29, 0.717) is 10.7 Å². The highest BCUT2D eigenvalue weighted by Gasteiger charge is 2.04. The quantitative estimate of drug-likeness (QED) is 0.385. The maximum absolute atomic E-state index is 10.8. The molecule has 0 atom stereocenters. The fraction of sp³-hybridized carbons (Fsp3) is 0.333. The van der Waals surface area contributed by atoms with Crippen LogP contribution in [0.3, 0.4) is 0 Å². The Hall–Kier alpha value is -1.07. The average molecular weight is 189 g/mol. The van der Waals surface area contributed by atoms with Gasteiger partial charge >= 0.3 is 0 Å². The van der Waals surface area contributed by atoms with E-state index in [-0.39, 0.29) is 12.5 Å². The molecule has 1 heterocycles. The Morgan fingerprint density at radius 2 is 2.58 bits per heavy atom. The predicted octanol–water partition coefficient (Wildman–Crippen LogP) is -0.165. The van der Waals surface area contributed by atoms with E-state index < -0.39 is 0 Å². The van der Waals surface area contributed by atoms with Gasteiger partial charge in [0.2, 0.25) is 0 Å². The van der Waals surface area contributed by atoms with Crippen molar-refractivity contribution in [3.63, 3.8) is 0 Å². The Bertz CT molecular complexity index is 276. The number of hydrogen-bond acceptors (Lipinski definition) is 3. The maximum Gasteiger partial charge on any atom is 0.255 e. The topological polar surface area (TPSA) is 72.9 Å². The number of carbonyl (C=O) groups excluding carboxylic acids is 1. The molecule has 6 heteroatoms. The van der Waals surface area contributed by atoms with Crippen LogP contribution >= 0.6 is 11.6 Å². The Morgan fingerprint density at radius 1 is 1.92 bits per heavy atom. The third-order valence-electron chi connectivity index (χ3n) is 1.35. The van der Waals surface area contributed by atoms with Crippen molar-refractivity contribution in [2.24, 2.45) is 5.84 Å².